The molecule has 0 aliphatic carbocycles. The molecule has 8 nitrogen and oxygen atoms in total. The Bertz CT molecular complexity index is 1110. The molecule has 1 amide bonds. The van der Waals surface area contributed by atoms with E-state index >= 15 is 0 Å². The van der Waals surface area contributed by atoms with E-state index < -0.39 is 0 Å². The minimum atomic E-state index is -0.261. The second kappa shape index (κ2) is 10.6. The molecule has 34 heavy (non-hydrogen) atoms. The van der Waals surface area contributed by atoms with Gasteiger partial charge in [-0.2, -0.15) is 0 Å². The molecule has 2 aliphatic heterocycles. The van der Waals surface area contributed by atoms with E-state index in [0.29, 0.717) is 53.1 Å². The molecule has 0 radical (unpaired) electrons. The van der Waals surface area contributed by atoms with E-state index in [4.69, 9.17) is 13.9 Å². The van der Waals surface area contributed by atoms with Gasteiger partial charge in [0.2, 0.25) is 0 Å². The highest BCUT2D eigenvalue weighted by molar-refractivity contribution is 7.18. The van der Waals surface area contributed by atoms with Gasteiger partial charge in [0, 0.05) is 44.3 Å². The highest BCUT2D eigenvalue weighted by atomic mass is 32.1. The number of thiazole rings is 1. The van der Waals surface area contributed by atoms with Gasteiger partial charge in [-0.3, -0.25) is 19.8 Å². The fourth-order valence-corrected chi connectivity index (χ4v) is 5.20. The molecule has 2 aliphatic rings. The van der Waals surface area contributed by atoms with Crippen molar-refractivity contribution in [2.45, 2.75) is 19.4 Å². The predicted octanol–water partition coefficient (Wildman–Crippen LogP) is 4.10. The van der Waals surface area contributed by atoms with Crippen LogP contribution in [0.3, 0.4) is 0 Å². The van der Waals surface area contributed by atoms with Gasteiger partial charge < -0.3 is 13.9 Å². The van der Waals surface area contributed by atoms with Crippen molar-refractivity contribution in [3.05, 3.63) is 58.7 Å². The number of amides is 1. The maximum absolute atomic E-state index is 13.2. The van der Waals surface area contributed by atoms with Gasteiger partial charge in [0.15, 0.2) is 16.7 Å². The number of hydrogen-bond acceptors (Lipinski definition) is 8. The summed E-state index contributed by atoms with van der Waals surface area (Å²) in [7, 11) is 0. The summed E-state index contributed by atoms with van der Waals surface area (Å²) in [5.41, 5.74) is 2.16. The van der Waals surface area contributed by atoms with Gasteiger partial charge in [-0.15, -0.1) is 0 Å². The third-order valence-corrected chi connectivity index (χ3v) is 7.13. The van der Waals surface area contributed by atoms with Crippen LogP contribution in [0.5, 0.6) is 0 Å². The van der Waals surface area contributed by atoms with E-state index in [2.05, 4.69) is 15.2 Å². The van der Waals surface area contributed by atoms with Crippen LogP contribution in [0.1, 0.15) is 38.4 Å². The number of furan rings is 1. The summed E-state index contributed by atoms with van der Waals surface area (Å²) in [6, 6.07) is 11.1. The summed E-state index contributed by atoms with van der Waals surface area (Å²) in [6.07, 6.45) is 2.92. The Morgan fingerprint density at radius 2 is 1.76 bits per heavy atom. The zero-order valence-electron chi connectivity index (χ0n) is 18.8. The number of morpholine rings is 1. The lowest BCUT2D eigenvalue weighted by Gasteiger charge is -2.26. The molecule has 0 spiro atoms. The molecule has 3 aromatic rings. The number of rotatable bonds is 7. The van der Waals surface area contributed by atoms with Crippen LogP contribution in [-0.4, -0.2) is 61.1 Å². The largest absolute Gasteiger partial charge is 0.463 e. The molecule has 1 aromatic carbocycles. The summed E-state index contributed by atoms with van der Waals surface area (Å²) < 4.78 is 16.3. The molecule has 9 heteroatoms. The number of nitrogens with zero attached hydrogens (tertiary/aromatic N) is 2. The molecule has 0 saturated carbocycles. The number of anilines is 1. The Morgan fingerprint density at radius 3 is 2.47 bits per heavy atom. The molecule has 2 saturated heterocycles. The van der Waals surface area contributed by atoms with Crippen LogP contribution in [0.4, 0.5) is 5.13 Å². The van der Waals surface area contributed by atoms with E-state index in [-0.39, 0.29) is 17.6 Å². The van der Waals surface area contributed by atoms with Crippen molar-refractivity contribution in [1.82, 2.24) is 9.88 Å². The Morgan fingerprint density at radius 1 is 1.03 bits per heavy atom. The Hall–Kier alpha value is -2.85. The second-order valence-corrected chi connectivity index (χ2v) is 9.46. The first-order chi connectivity index (χ1) is 16.7. The highest BCUT2D eigenvalue weighted by Gasteiger charge is 2.29. The van der Waals surface area contributed by atoms with Gasteiger partial charge in [-0.05, 0) is 42.7 Å². The zero-order valence-corrected chi connectivity index (χ0v) is 19.6. The van der Waals surface area contributed by atoms with E-state index in [1.165, 1.54) is 11.3 Å². The Labute approximate surface area is 201 Å². The molecule has 2 aromatic heterocycles. The van der Waals surface area contributed by atoms with Crippen molar-refractivity contribution < 1.29 is 23.5 Å². The first-order valence-corrected chi connectivity index (χ1v) is 12.4. The Balaban J connectivity index is 1.30. The number of carbonyl (C=O) groups is 2. The van der Waals surface area contributed by atoms with Crippen LogP contribution >= 0.6 is 11.3 Å². The number of Topliss-reactive ketones (excluding diaryl/α,β-unsaturated/α-hetero) is 1. The van der Waals surface area contributed by atoms with Crippen LogP contribution in [-0.2, 0) is 16.0 Å². The van der Waals surface area contributed by atoms with Crippen LogP contribution in [0, 0.1) is 5.92 Å². The van der Waals surface area contributed by atoms with Crippen molar-refractivity contribution in [1.29, 1.82) is 0 Å². The molecule has 4 heterocycles. The van der Waals surface area contributed by atoms with E-state index in [9.17, 15) is 9.59 Å². The van der Waals surface area contributed by atoms with Gasteiger partial charge in [0.1, 0.15) is 10.6 Å². The third-order valence-electron chi connectivity index (χ3n) is 6.14. The zero-order chi connectivity index (χ0) is 23.3. The summed E-state index contributed by atoms with van der Waals surface area (Å²) in [5, 5.41) is 3.24. The van der Waals surface area contributed by atoms with Gasteiger partial charge in [-0.25, -0.2) is 4.98 Å². The van der Waals surface area contributed by atoms with Crippen molar-refractivity contribution >= 4 is 28.2 Å². The molecule has 0 unspecified atom stereocenters. The lowest BCUT2D eigenvalue weighted by Crippen LogP contribution is -2.35. The lowest BCUT2D eigenvalue weighted by atomic mass is 9.94. The van der Waals surface area contributed by atoms with Crippen molar-refractivity contribution in [2.75, 3.05) is 44.8 Å². The van der Waals surface area contributed by atoms with Crippen molar-refractivity contribution in [2.24, 2.45) is 5.92 Å². The van der Waals surface area contributed by atoms with Crippen LogP contribution < -0.4 is 5.32 Å². The number of benzene rings is 1. The topological polar surface area (TPSA) is 93.9 Å². The van der Waals surface area contributed by atoms with Gasteiger partial charge in [0.05, 0.1) is 19.5 Å². The standard InChI is InChI=1S/C25H27N3O5S/c29-22(18-7-12-31-13-8-18)23-21(20-2-1-11-33-20)26-25(34-23)27-24(30)19-5-3-17(4-6-19)16-28-9-14-32-15-10-28/h1-6,11,18H,7-10,12-16H2,(H,26,27,30). The average Bonchev–Trinajstić information content (AvgIpc) is 3.55. The fourth-order valence-electron chi connectivity index (χ4n) is 4.21. The van der Waals surface area contributed by atoms with Crippen molar-refractivity contribution in [3.8, 4) is 11.5 Å². The number of nitrogens with one attached hydrogen (secondary N) is 1. The quantitative estimate of drug-likeness (QED) is 0.508. The molecule has 178 valence electrons. The van der Waals surface area contributed by atoms with Crippen LogP contribution in [0.25, 0.3) is 11.5 Å². The molecule has 5 rings (SSSR count). The van der Waals surface area contributed by atoms with Crippen LogP contribution in [0.15, 0.2) is 47.1 Å². The minimum absolute atomic E-state index is 0.0279. The van der Waals surface area contributed by atoms with Crippen LogP contribution in [0.2, 0.25) is 0 Å². The number of carbonyl (C=O) groups excluding carboxylic acids is 2. The molecule has 0 atom stereocenters. The smallest absolute Gasteiger partial charge is 0.257 e. The van der Waals surface area contributed by atoms with Gasteiger partial charge >= 0.3 is 0 Å². The predicted molar refractivity (Wildman–Crippen MR) is 128 cm³/mol. The van der Waals surface area contributed by atoms with Gasteiger partial charge in [-0.1, -0.05) is 23.5 Å². The number of ether oxygens (including phenoxy) is 2. The summed E-state index contributed by atoms with van der Waals surface area (Å²) >= 11 is 1.20. The van der Waals surface area contributed by atoms with E-state index in [0.717, 1.165) is 38.4 Å². The first-order valence-electron chi connectivity index (χ1n) is 11.5. The minimum Gasteiger partial charge on any atom is -0.463 e. The molecule has 2 fully saturated rings. The Kier molecular flexibility index (Phi) is 7.15. The lowest BCUT2D eigenvalue weighted by molar-refractivity contribution is 0.0342. The maximum Gasteiger partial charge on any atom is 0.257 e. The number of aromatic nitrogens is 1. The summed E-state index contributed by atoms with van der Waals surface area (Å²) in [6.45, 7) is 5.34. The maximum atomic E-state index is 13.2. The van der Waals surface area contributed by atoms with E-state index in [1.807, 2.05) is 24.3 Å². The summed E-state index contributed by atoms with van der Waals surface area (Å²) in [4.78, 5) is 33.5. The average molecular weight is 482 g/mol. The highest BCUT2D eigenvalue weighted by Crippen LogP contribution is 2.35. The van der Waals surface area contributed by atoms with Gasteiger partial charge in [0.25, 0.3) is 5.91 Å². The monoisotopic (exact) mass is 481 g/mol. The number of hydrogen-bond donors (Lipinski definition) is 1. The SMILES string of the molecule is O=C(Nc1nc(-c2ccco2)c(C(=O)C2CCOCC2)s1)c1ccc(CN2CCOCC2)cc1. The first kappa shape index (κ1) is 22.9. The van der Waals surface area contributed by atoms with E-state index in [1.54, 1.807) is 18.4 Å². The molecule has 0 bridgehead atoms. The molecule has 1 N–H and O–H groups in total. The number of ketones is 1. The molecular formula is C25H27N3O5S. The molecular weight excluding hydrogens is 454 g/mol. The normalized spacial score (nSPS) is 17.5. The fraction of sp³-hybridized carbons (Fsp3) is 0.400. The summed E-state index contributed by atoms with van der Waals surface area (Å²) in [5.74, 6) is 0.174. The second-order valence-electron chi connectivity index (χ2n) is 8.46. The third kappa shape index (κ3) is 5.28. The van der Waals surface area contributed by atoms with Crippen molar-refractivity contribution in [3.63, 3.8) is 0 Å².